The monoisotopic (exact) mass is 367 g/mol. The second-order valence-corrected chi connectivity index (χ2v) is 7.13. The van der Waals surface area contributed by atoms with E-state index in [9.17, 15) is 9.90 Å². The van der Waals surface area contributed by atoms with E-state index < -0.39 is 5.97 Å². The summed E-state index contributed by atoms with van der Waals surface area (Å²) in [5.41, 5.74) is 3.14. The topological polar surface area (TPSA) is 59.4 Å². The van der Waals surface area contributed by atoms with Crippen LogP contribution in [-0.4, -0.2) is 16.1 Å². The fraction of sp³-hybridized carbons (Fsp3) is 0.238. The number of hydrogen-bond acceptors (Lipinski definition) is 4. The predicted octanol–water partition coefficient (Wildman–Crippen LogP) is 4.83. The predicted molar refractivity (Wildman–Crippen MR) is 103 cm³/mol. The van der Waals surface area contributed by atoms with Crippen LogP contribution in [0.5, 0.6) is 5.75 Å². The number of aromatic nitrogens is 1. The Morgan fingerprint density at radius 3 is 2.46 bits per heavy atom. The molecule has 1 aromatic heterocycles. The molecule has 0 aliphatic carbocycles. The number of carboxylic acids is 1. The lowest BCUT2D eigenvalue weighted by Gasteiger charge is -2.13. The highest BCUT2D eigenvalue weighted by Gasteiger charge is 2.19. The Morgan fingerprint density at radius 2 is 1.85 bits per heavy atom. The van der Waals surface area contributed by atoms with Gasteiger partial charge in [0.15, 0.2) is 0 Å². The first-order chi connectivity index (χ1) is 12.6. The molecule has 3 aromatic rings. The van der Waals surface area contributed by atoms with Crippen molar-refractivity contribution in [2.45, 2.75) is 32.3 Å². The fourth-order valence-electron chi connectivity index (χ4n) is 2.76. The summed E-state index contributed by atoms with van der Waals surface area (Å²) in [7, 11) is 0. The van der Waals surface area contributed by atoms with Crippen molar-refractivity contribution >= 4 is 17.3 Å². The second-order valence-electron chi connectivity index (χ2n) is 6.24. The van der Waals surface area contributed by atoms with Crippen molar-refractivity contribution in [2.75, 3.05) is 0 Å². The molecule has 3 rings (SSSR count). The highest BCUT2D eigenvalue weighted by molar-refractivity contribution is 7.09. The number of carbonyl (C=O) groups is 1. The van der Waals surface area contributed by atoms with Crippen molar-refractivity contribution in [3.05, 3.63) is 81.8 Å². The van der Waals surface area contributed by atoms with Gasteiger partial charge in [-0.25, -0.2) is 4.98 Å². The number of nitrogens with zero attached hydrogens (tertiary/aromatic N) is 1. The van der Waals surface area contributed by atoms with Gasteiger partial charge in [-0.15, -0.1) is 11.3 Å². The highest BCUT2D eigenvalue weighted by atomic mass is 32.1. The maximum atomic E-state index is 11.2. The van der Waals surface area contributed by atoms with Gasteiger partial charge in [0.25, 0.3) is 0 Å². The van der Waals surface area contributed by atoms with Crippen molar-refractivity contribution in [1.29, 1.82) is 0 Å². The minimum Gasteiger partial charge on any atom is -0.489 e. The molecule has 1 atom stereocenters. The van der Waals surface area contributed by atoms with E-state index in [-0.39, 0.29) is 12.3 Å². The lowest BCUT2D eigenvalue weighted by molar-refractivity contribution is -0.137. The van der Waals surface area contributed by atoms with Crippen molar-refractivity contribution < 1.29 is 14.6 Å². The molecule has 2 aromatic carbocycles. The Balaban J connectivity index is 1.63. The smallest absolute Gasteiger partial charge is 0.304 e. The van der Waals surface area contributed by atoms with E-state index in [1.165, 1.54) is 11.3 Å². The van der Waals surface area contributed by atoms with Crippen LogP contribution in [0.1, 0.15) is 34.2 Å². The summed E-state index contributed by atoms with van der Waals surface area (Å²) in [6.07, 6.45) is 0.734. The van der Waals surface area contributed by atoms with Crippen LogP contribution in [0, 0.1) is 6.92 Å². The summed E-state index contributed by atoms with van der Waals surface area (Å²) in [6.45, 7) is 2.46. The van der Waals surface area contributed by atoms with Crippen molar-refractivity contribution in [3.8, 4) is 5.75 Å². The van der Waals surface area contributed by atoms with Gasteiger partial charge < -0.3 is 9.84 Å². The molecule has 4 nitrogen and oxygen atoms in total. The molecule has 26 heavy (non-hydrogen) atoms. The SMILES string of the molecule is Cc1csc(C(CC(=O)O)Cc2ccc(OCc3ccccc3)cc2)n1. The zero-order valence-electron chi connectivity index (χ0n) is 14.6. The van der Waals surface area contributed by atoms with Crippen LogP contribution in [0.3, 0.4) is 0 Å². The summed E-state index contributed by atoms with van der Waals surface area (Å²) in [5.74, 6) is -0.106. The normalized spacial score (nSPS) is 11.9. The zero-order valence-corrected chi connectivity index (χ0v) is 15.4. The van der Waals surface area contributed by atoms with E-state index in [0.717, 1.165) is 27.6 Å². The minimum atomic E-state index is -0.800. The number of thiazole rings is 1. The first-order valence-electron chi connectivity index (χ1n) is 8.49. The van der Waals surface area contributed by atoms with E-state index >= 15 is 0 Å². The molecule has 1 unspecified atom stereocenters. The van der Waals surface area contributed by atoms with Gasteiger partial charge in [0.05, 0.1) is 11.4 Å². The van der Waals surface area contributed by atoms with E-state index in [2.05, 4.69) is 4.98 Å². The Kier molecular flexibility index (Phi) is 6.02. The third-order valence-corrected chi connectivity index (χ3v) is 5.19. The average Bonchev–Trinajstić information content (AvgIpc) is 3.07. The largest absolute Gasteiger partial charge is 0.489 e. The Hall–Kier alpha value is -2.66. The Bertz CT molecular complexity index is 843. The van der Waals surface area contributed by atoms with Gasteiger partial charge in [0, 0.05) is 17.0 Å². The molecule has 0 aliphatic heterocycles. The first kappa shape index (κ1) is 18.1. The molecular weight excluding hydrogens is 346 g/mol. The fourth-order valence-corrected chi connectivity index (χ4v) is 3.66. The van der Waals surface area contributed by atoms with Crippen LogP contribution in [0.25, 0.3) is 0 Å². The van der Waals surface area contributed by atoms with Gasteiger partial charge in [0.2, 0.25) is 0 Å². The molecule has 0 radical (unpaired) electrons. The summed E-state index contributed by atoms with van der Waals surface area (Å²) >= 11 is 1.53. The first-order valence-corrected chi connectivity index (χ1v) is 9.37. The molecule has 0 saturated heterocycles. The Morgan fingerprint density at radius 1 is 1.12 bits per heavy atom. The minimum absolute atomic E-state index is 0.0826. The molecule has 0 bridgehead atoms. The van der Waals surface area contributed by atoms with E-state index in [4.69, 9.17) is 4.74 Å². The van der Waals surface area contributed by atoms with Crippen LogP contribution in [0.15, 0.2) is 60.0 Å². The molecule has 5 heteroatoms. The number of benzene rings is 2. The summed E-state index contributed by atoms with van der Waals surface area (Å²) in [4.78, 5) is 15.7. The van der Waals surface area contributed by atoms with Crippen LogP contribution in [-0.2, 0) is 17.8 Å². The maximum Gasteiger partial charge on any atom is 0.304 e. The molecule has 0 amide bonds. The lowest BCUT2D eigenvalue weighted by Crippen LogP contribution is -2.09. The zero-order chi connectivity index (χ0) is 18.4. The lowest BCUT2D eigenvalue weighted by atomic mass is 9.96. The van der Waals surface area contributed by atoms with Gasteiger partial charge in [0.1, 0.15) is 12.4 Å². The maximum absolute atomic E-state index is 11.2. The third kappa shape index (κ3) is 5.17. The number of carboxylic acid groups (broad SMARTS) is 1. The number of ether oxygens (including phenoxy) is 1. The molecule has 1 heterocycles. The summed E-state index contributed by atoms with van der Waals surface area (Å²) < 4.78 is 5.80. The molecule has 0 spiro atoms. The van der Waals surface area contributed by atoms with Crippen LogP contribution in [0.4, 0.5) is 0 Å². The Labute approximate surface area is 157 Å². The van der Waals surface area contributed by atoms with Crippen LogP contribution < -0.4 is 4.74 Å². The molecule has 134 valence electrons. The quantitative estimate of drug-likeness (QED) is 0.619. The van der Waals surface area contributed by atoms with Gasteiger partial charge >= 0.3 is 5.97 Å². The third-order valence-electron chi connectivity index (χ3n) is 4.06. The summed E-state index contributed by atoms with van der Waals surface area (Å²) in [5, 5.41) is 12.1. The standard InChI is InChI=1S/C21H21NO3S/c1-15-14-26-21(22-15)18(12-20(23)24)11-16-7-9-19(10-8-16)25-13-17-5-3-2-4-6-17/h2-10,14,18H,11-13H2,1H3,(H,23,24). The van der Waals surface area contributed by atoms with Crippen LogP contribution in [0.2, 0.25) is 0 Å². The van der Waals surface area contributed by atoms with E-state index in [1.54, 1.807) is 0 Å². The van der Waals surface area contributed by atoms with E-state index in [0.29, 0.717) is 13.0 Å². The molecule has 0 fully saturated rings. The van der Waals surface area contributed by atoms with Crippen molar-refractivity contribution in [3.63, 3.8) is 0 Å². The summed E-state index contributed by atoms with van der Waals surface area (Å²) in [6, 6.07) is 17.9. The van der Waals surface area contributed by atoms with Gasteiger partial charge in [-0.3, -0.25) is 4.79 Å². The molecular formula is C21H21NO3S. The van der Waals surface area contributed by atoms with Crippen molar-refractivity contribution in [2.24, 2.45) is 0 Å². The van der Waals surface area contributed by atoms with Crippen molar-refractivity contribution in [1.82, 2.24) is 4.98 Å². The number of aryl methyl sites for hydroxylation is 1. The number of hydrogen-bond donors (Lipinski definition) is 1. The average molecular weight is 367 g/mol. The van der Waals surface area contributed by atoms with Gasteiger partial charge in [-0.1, -0.05) is 42.5 Å². The molecule has 1 N–H and O–H groups in total. The van der Waals surface area contributed by atoms with Gasteiger partial charge in [-0.2, -0.15) is 0 Å². The number of rotatable bonds is 8. The second kappa shape index (κ2) is 8.63. The van der Waals surface area contributed by atoms with Crippen LogP contribution >= 0.6 is 11.3 Å². The highest BCUT2D eigenvalue weighted by Crippen LogP contribution is 2.28. The molecule has 0 saturated carbocycles. The number of aliphatic carboxylic acids is 1. The van der Waals surface area contributed by atoms with E-state index in [1.807, 2.05) is 66.9 Å². The molecule has 0 aliphatic rings. The van der Waals surface area contributed by atoms with Gasteiger partial charge in [-0.05, 0) is 36.6 Å².